The molecule has 0 aliphatic heterocycles. The van der Waals surface area contributed by atoms with Crippen LogP contribution in [0.25, 0.3) is 0 Å². The number of ether oxygens (including phenoxy) is 2. The SMILES string of the molecule is Cc1ccc(F)c(OCCOc2ccc(C#N)cc2)c1. The lowest BCUT2D eigenvalue weighted by Crippen LogP contribution is -2.09. The molecule has 4 heteroatoms. The van der Waals surface area contributed by atoms with Gasteiger partial charge in [0.05, 0.1) is 11.6 Å². The zero-order valence-corrected chi connectivity index (χ0v) is 11.1. The van der Waals surface area contributed by atoms with Gasteiger partial charge >= 0.3 is 0 Å². The second-order valence-electron chi connectivity index (χ2n) is 4.27. The summed E-state index contributed by atoms with van der Waals surface area (Å²) in [4.78, 5) is 0. The Hall–Kier alpha value is -2.54. The zero-order chi connectivity index (χ0) is 14.4. The average Bonchev–Trinajstić information content (AvgIpc) is 2.47. The van der Waals surface area contributed by atoms with Gasteiger partial charge in [-0.15, -0.1) is 0 Å². The average molecular weight is 271 g/mol. The molecule has 0 radical (unpaired) electrons. The third-order valence-corrected chi connectivity index (χ3v) is 2.68. The number of halogens is 1. The Morgan fingerprint density at radius 3 is 2.45 bits per heavy atom. The molecule has 102 valence electrons. The quantitative estimate of drug-likeness (QED) is 0.782. The van der Waals surface area contributed by atoms with Crippen LogP contribution in [-0.4, -0.2) is 13.2 Å². The smallest absolute Gasteiger partial charge is 0.165 e. The fourth-order valence-corrected chi connectivity index (χ4v) is 1.66. The second kappa shape index (κ2) is 6.58. The van der Waals surface area contributed by atoms with Gasteiger partial charge < -0.3 is 9.47 Å². The summed E-state index contributed by atoms with van der Waals surface area (Å²) in [5.41, 5.74) is 1.52. The number of hydrogen-bond acceptors (Lipinski definition) is 3. The minimum atomic E-state index is -0.381. The van der Waals surface area contributed by atoms with Crippen LogP contribution in [0.1, 0.15) is 11.1 Å². The summed E-state index contributed by atoms with van der Waals surface area (Å²) in [7, 11) is 0. The number of benzene rings is 2. The normalized spacial score (nSPS) is 9.85. The molecule has 0 aromatic heterocycles. The molecule has 0 saturated carbocycles. The molecule has 20 heavy (non-hydrogen) atoms. The van der Waals surface area contributed by atoms with Crippen molar-refractivity contribution in [2.75, 3.05) is 13.2 Å². The molecule has 2 aromatic rings. The monoisotopic (exact) mass is 271 g/mol. The van der Waals surface area contributed by atoms with Gasteiger partial charge in [-0.25, -0.2) is 4.39 Å². The van der Waals surface area contributed by atoms with E-state index in [0.717, 1.165) is 5.56 Å². The van der Waals surface area contributed by atoms with E-state index in [1.165, 1.54) is 6.07 Å². The molecule has 0 unspecified atom stereocenters. The molecule has 2 aromatic carbocycles. The van der Waals surface area contributed by atoms with Gasteiger partial charge in [0, 0.05) is 0 Å². The molecule has 0 bridgehead atoms. The van der Waals surface area contributed by atoms with Crippen LogP contribution in [0.2, 0.25) is 0 Å². The van der Waals surface area contributed by atoms with Crippen molar-refractivity contribution in [2.24, 2.45) is 0 Å². The molecule has 0 atom stereocenters. The van der Waals surface area contributed by atoms with Crippen molar-refractivity contribution in [1.82, 2.24) is 0 Å². The van der Waals surface area contributed by atoms with Crippen molar-refractivity contribution >= 4 is 0 Å². The van der Waals surface area contributed by atoms with Gasteiger partial charge in [0.1, 0.15) is 19.0 Å². The summed E-state index contributed by atoms with van der Waals surface area (Å²) in [5.74, 6) is 0.500. The molecule has 0 aliphatic rings. The number of nitrogens with zero attached hydrogens (tertiary/aromatic N) is 1. The lowest BCUT2D eigenvalue weighted by atomic mass is 10.2. The standard InChI is InChI=1S/C16H14FNO2/c1-12-2-7-15(17)16(10-12)20-9-8-19-14-5-3-13(11-18)4-6-14/h2-7,10H,8-9H2,1H3. The van der Waals surface area contributed by atoms with E-state index < -0.39 is 0 Å². The third kappa shape index (κ3) is 3.72. The molecular formula is C16H14FNO2. The predicted octanol–water partition coefficient (Wildman–Crippen LogP) is 3.46. The molecule has 2 rings (SSSR count). The van der Waals surface area contributed by atoms with Crippen LogP contribution in [0, 0.1) is 24.1 Å². The molecule has 0 N–H and O–H groups in total. The van der Waals surface area contributed by atoms with Crippen LogP contribution in [0.4, 0.5) is 4.39 Å². The van der Waals surface area contributed by atoms with Gasteiger partial charge in [-0.2, -0.15) is 5.26 Å². The number of rotatable bonds is 5. The summed E-state index contributed by atoms with van der Waals surface area (Å²) < 4.78 is 24.2. The maximum Gasteiger partial charge on any atom is 0.165 e. The largest absolute Gasteiger partial charge is 0.490 e. The minimum Gasteiger partial charge on any atom is -0.490 e. The Balaban J connectivity index is 1.81. The molecule has 0 fully saturated rings. The fourth-order valence-electron chi connectivity index (χ4n) is 1.66. The lowest BCUT2D eigenvalue weighted by Gasteiger charge is -2.09. The molecule has 0 spiro atoms. The van der Waals surface area contributed by atoms with Gasteiger partial charge in [-0.3, -0.25) is 0 Å². The highest BCUT2D eigenvalue weighted by Crippen LogP contribution is 2.18. The first kappa shape index (κ1) is 13.9. The summed E-state index contributed by atoms with van der Waals surface area (Å²) in [5, 5.41) is 8.67. The number of aryl methyl sites for hydroxylation is 1. The van der Waals surface area contributed by atoms with E-state index in [0.29, 0.717) is 17.9 Å². The first-order valence-electron chi connectivity index (χ1n) is 6.21. The molecule has 0 amide bonds. The van der Waals surface area contributed by atoms with E-state index in [-0.39, 0.29) is 18.2 Å². The van der Waals surface area contributed by atoms with Crippen LogP contribution >= 0.6 is 0 Å². The highest BCUT2D eigenvalue weighted by molar-refractivity contribution is 5.34. The molecule has 0 saturated heterocycles. The highest BCUT2D eigenvalue weighted by atomic mass is 19.1. The highest BCUT2D eigenvalue weighted by Gasteiger charge is 2.03. The Labute approximate surface area is 117 Å². The molecule has 0 aliphatic carbocycles. The van der Waals surface area contributed by atoms with Crippen molar-refractivity contribution in [3.05, 3.63) is 59.4 Å². The van der Waals surface area contributed by atoms with Crippen LogP contribution < -0.4 is 9.47 Å². The van der Waals surface area contributed by atoms with E-state index in [1.54, 1.807) is 36.4 Å². The Morgan fingerprint density at radius 1 is 1.05 bits per heavy atom. The zero-order valence-electron chi connectivity index (χ0n) is 11.1. The maximum absolute atomic E-state index is 13.4. The van der Waals surface area contributed by atoms with E-state index in [1.807, 2.05) is 13.0 Å². The van der Waals surface area contributed by atoms with E-state index in [9.17, 15) is 4.39 Å². The second-order valence-corrected chi connectivity index (χ2v) is 4.27. The van der Waals surface area contributed by atoms with Gasteiger partial charge in [0.2, 0.25) is 0 Å². The third-order valence-electron chi connectivity index (χ3n) is 2.68. The van der Waals surface area contributed by atoms with Crippen LogP contribution in [0.5, 0.6) is 11.5 Å². The predicted molar refractivity (Wildman–Crippen MR) is 73.3 cm³/mol. The van der Waals surface area contributed by atoms with Gasteiger partial charge in [0.25, 0.3) is 0 Å². The van der Waals surface area contributed by atoms with E-state index in [2.05, 4.69) is 0 Å². The van der Waals surface area contributed by atoms with Crippen molar-refractivity contribution in [2.45, 2.75) is 6.92 Å². The van der Waals surface area contributed by atoms with E-state index >= 15 is 0 Å². The number of nitriles is 1. The van der Waals surface area contributed by atoms with Crippen LogP contribution in [0.3, 0.4) is 0 Å². The Kier molecular flexibility index (Phi) is 4.56. The fraction of sp³-hybridized carbons (Fsp3) is 0.188. The lowest BCUT2D eigenvalue weighted by molar-refractivity contribution is 0.211. The number of hydrogen-bond donors (Lipinski definition) is 0. The van der Waals surface area contributed by atoms with Crippen LogP contribution in [-0.2, 0) is 0 Å². The van der Waals surface area contributed by atoms with Crippen molar-refractivity contribution in [1.29, 1.82) is 5.26 Å². The van der Waals surface area contributed by atoms with Gasteiger partial charge in [0.15, 0.2) is 11.6 Å². The molecular weight excluding hydrogens is 257 g/mol. The Morgan fingerprint density at radius 2 is 1.75 bits per heavy atom. The summed E-state index contributed by atoms with van der Waals surface area (Å²) in [6.45, 7) is 2.43. The maximum atomic E-state index is 13.4. The van der Waals surface area contributed by atoms with Gasteiger partial charge in [-0.05, 0) is 48.9 Å². The summed E-state index contributed by atoms with van der Waals surface area (Å²) in [6.07, 6.45) is 0. The van der Waals surface area contributed by atoms with Gasteiger partial charge in [-0.1, -0.05) is 6.07 Å². The van der Waals surface area contributed by atoms with Crippen molar-refractivity contribution < 1.29 is 13.9 Å². The summed E-state index contributed by atoms with van der Waals surface area (Å²) >= 11 is 0. The van der Waals surface area contributed by atoms with Crippen molar-refractivity contribution in [3.63, 3.8) is 0 Å². The first-order chi connectivity index (χ1) is 9.69. The Bertz CT molecular complexity index is 617. The van der Waals surface area contributed by atoms with Crippen LogP contribution in [0.15, 0.2) is 42.5 Å². The molecule has 3 nitrogen and oxygen atoms in total. The summed E-state index contributed by atoms with van der Waals surface area (Å²) in [6, 6.07) is 13.5. The first-order valence-corrected chi connectivity index (χ1v) is 6.21. The molecule has 0 heterocycles. The van der Waals surface area contributed by atoms with Crippen molar-refractivity contribution in [3.8, 4) is 17.6 Å². The minimum absolute atomic E-state index is 0.230. The topological polar surface area (TPSA) is 42.2 Å². The van der Waals surface area contributed by atoms with E-state index in [4.69, 9.17) is 14.7 Å².